The Hall–Kier alpha value is -1.16. The van der Waals surface area contributed by atoms with Gasteiger partial charge in [0.25, 0.3) is 0 Å². The van der Waals surface area contributed by atoms with Gasteiger partial charge in [0.05, 0.1) is 6.61 Å². The van der Waals surface area contributed by atoms with Crippen molar-refractivity contribution in [1.29, 1.82) is 0 Å². The van der Waals surface area contributed by atoms with Gasteiger partial charge >= 0.3 is 0 Å². The molecular weight excluding hydrogens is 232 g/mol. The van der Waals surface area contributed by atoms with Gasteiger partial charge in [0.15, 0.2) is 0 Å². The summed E-state index contributed by atoms with van der Waals surface area (Å²) in [5.74, 6) is 1.36. The average molecular weight is 250 g/mol. The van der Waals surface area contributed by atoms with Crippen molar-refractivity contribution in [1.82, 2.24) is 4.98 Å². The number of pyridine rings is 1. The van der Waals surface area contributed by atoms with Gasteiger partial charge in [0.2, 0.25) is 5.88 Å². The molecule has 4 heteroatoms. The summed E-state index contributed by atoms with van der Waals surface area (Å²) in [5, 5.41) is 0. The predicted octanol–water partition coefficient (Wildman–Crippen LogP) is 2.67. The van der Waals surface area contributed by atoms with E-state index in [0.29, 0.717) is 16.8 Å². The molecule has 0 amide bonds. The second kappa shape index (κ2) is 5.96. The number of aromatic nitrogens is 1. The molecule has 0 bridgehead atoms. The van der Waals surface area contributed by atoms with Crippen molar-refractivity contribution < 1.29 is 4.74 Å². The maximum absolute atomic E-state index is 5.69. The molecule has 1 aliphatic carbocycles. The van der Waals surface area contributed by atoms with Crippen LogP contribution in [0.3, 0.4) is 0 Å². The summed E-state index contributed by atoms with van der Waals surface area (Å²) in [6, 6.07) is 3.68. The Labute approximate surface area is 107 Å². The largest absolute Gasteiger partial charge is 0.477 e. The lowest BCUT2D eigenvalue weighted by atomic mass is 9.90. The molecule has 2 rings (SSSR count). The first-order chi connectivity index (χ1) is 8.25. The monoisotopic (exact) mass is 250 g/mol. The van der Waals surface area contributed by atoms with Crippen molar-refractivity contribution in [2.45, 2.75) is 32.1 Å². The van der Waals surface area contributed by atoms with E-state index in [0.717, 1.165) is 12.2 Å². The van der Waals surface area contributed by atoms with E-state index in [1.165, 1.54) is 32.1 Å². The molecule has 1 saturated carbocycles. The molecule has 0 radical (unpaired) electrons. The van der Waals surface area contributed by atoms with Crippen molar-refractivity contribution in [2.24, 2.45) is 11.7 Å². The minimum Gasteiger partial charge on any atom is -0.477 e. The van der Waals surface area contributed by atoms with E-state index in [4.69, 9.17) is 22.7 Å². The summed E-state index contributed by atoms with van der Waals surface area (Å²) in [7, 11) is 0. The van der Waals surface area contributed by atoms with E-state index in [2.05, 4.69) is 4.98 Å². The lowest BCUT2D eigenvalue weighted by molar-refractivity contribution is 0.203. The standard InChI is InChI=1S/C13H18N2OS/c14-13(17)11-6-7-12(15-8-11)16-9-10-4-2-1-3-5-10/h6-8,10H,1-5,9H2,(H2,14,17). The van der Waals surface area contributed by atoms with Crippen molar-refractivity contribution in [2.75, 3.05) is 6.61 Å². The molecule has 1 aromatic rings. The fraction of sp³-hybridized carbons (Fsp3) is 0.538. The van der Waals surface area contributed by atoms with Gasteiger partial charge in [-0.15, -0.1) is 0 Å². The van der Waals surface area contributed by atoms with Crippen LogP contribution in [-0.2, 0) is 0 Å². The first kappa shape index (κ1) is 12.3. The summed E-state index contributed by atoms with van der Waals surface area (Å²) in [5.41, 5.74) is 6.29. The van der Waals surface area contributed by atoms with Crippen LogP contribution in [0.2, 0.25) is 0 Å². The van der Waals surface area contributed by atoms with E-state index >= 15 is 0 Å². The fourth-order valence-electron chi connectivity index (χ4n) is 2.17. The fourth-order valence-corrected chi connectivity index (χ4v) is 2.29. The topological polar surface area (TPSA) is 48.1 Å². The van der Waals surface area contributed by atoms with Gasteiger partial charge in [0.1, 0.15) is 4.99 Å². The Morgan fingerprint density at radius 2 is 2.12 bits per heavy atom. The number of hydrogen-bond donors (Lipinski definition) is 1. The van der Waals surface area contributed by atoms with Gasteiger partial charge in [-0.3, -0.25) is 0 Å². The van der Waals surface area contributed by atoms with Crippen LogP contribution in [0.4, 0.5) is 0 Å². The third-order valence-electron chi connectivity index (χ3n) is 3.21. The van der Waals surface area contributed by atoms with Crippen molar-refractivity contribution >= 4 is 17.2 Å². The lowest BCUT2D eigenvalue weighted by Crippen LogP contribution is -2.16. The zero-order valence-corrected chi connectivity index (χ0v) is 10.7. The number of hydrogen-bond acceptors (Lipinski definition) is 3. The highest BCUT2D eigenvalue weighted by Gasteiger charge is 2.14. The molecular formula is C13H18N2OS. The maximum atomic E-state index is 5.69. The van der Waals surface area contributed by atoms with Gasteiger partial charge in [-0.2, -0.15) is 0 Å². The number of rotatable bonds is 4. The first-order valence-corrected chi connectivity index (χ1v) is 6.55. The summed E-state index contributed by atoms with van der Waals surface area (Å²) < 4.78 is 5.69. The van der Waals surface area contributed by atoms with E-state index in [1.807, 2.05) is 12.1 Å². The first-order valence-electron chi connectivity index (χ1n) is 6.14. The lowest BCUT2D eigenvalue weighted by Gasteiger charge is -2.21. The molecule has 0 unspecified atom stereocenters. The Morgan fingerprint density at radius 3 is 2.71 bits per heavy atom. The van der Waals surface area contributed by atoms with Crippen LogP contribution in [0.15, 0.2) is 18.3 Å². The molecule has 1 heterocycles. The zero-order valence-electron chi connectivity index (χ0n) is 9.89. The summed E-state index contributed by atoms with van der Waals surface area (Å²) in [4.78, 5) is 4.57. The van der Waals surface area contributed by atoms with Crippen LogP contribution in [-0.4, -0.2) is 16.6 Å². The minimum atomic E-state index is 0.372. The molecule has 2 N–H and O–H groups in total. The summed E-state index contributed by atoms with van der Waals surface area (Å²) in [6.45, 7) is 0.777. The van der Waals surface area contributed by atoms with Crippen molar-refractivity contribution in [3.05, 3.63) is 23.9 Å². The van der Waals surface area contributed by atoms with Gasteiger partial charge in [0, 0.05) is 17.8 Å². The quantitative estimate of drug-likeness (QED) is 0.835. The highest BCUT2D eigenvalue weighted by Crippen LogP contribution is 2.24. The van der Waals surface area contributed by atoms with Gasteiger partial charge in [-0.25, -0.2) is 4.98 Å². The van der Waals surface area contributed by atoms with Crippen LogP contribution in [0, 0.1) is 5.92 Å². The zero-order chi connectivity index (χ0) is 12.1. The molecule has 0 spiro atoms. The van der Waals surface area contributed by atoms with E-state index < -0.39 is 0 Å². The second-order valence-electron chi connectivity index (χ2n) is 4.56. The SMILES string of the molecule is NC(=S)c1ccc(OCC2CCCCC2)nc1. The smallest absolute Gasteiger partial charge is 0.213 e. The predicted molar refractivity (Wildman–Crippen MR) is 72.2 cm³/mol. The van der Waals surface area contributed by atoms with Crippen LogP contribution in [0.5, 0.6) is 5.88 Å². The number of thiocarbonyl (C=S) groups is 1. The Morgan fingerprint density at radius 1 is 1.35 bits per heavy atom. The molecule has 0 aliphatic heterocycles. The third kappa shape index (κ3) is 3.66. The number of nitrogens with zero attached hydrogens (tertiary/aromatic N) is 1. The van der Waals surface area contributed by atoms with Crippen LogP contribution in [0.25, 0.3) is 0 Å². The van der Waals surface area contributed by atoms with Crippen molar-refractivity contribution in [3.63, 3.8) is 0 Å². The van der Waals surface area contributed by atoms with Crippen molar-refractivity contribution in [3.8, 4) is 5.88 Å². The molecule has 0 aromatic carbocycles. The molecule has 1 aliphatic rings. The molecule has 0 saturated heterocycles. The molecule has 1 aromatic heterocycles. The Bertz CT molecular complexity index is 372. The highest BCUT2D eigenvalue weighted by molar-refractivity contribution is 7.80. The summed E-state index contributed by atoms with van der Waals surface area (Å²) >= 11 is 4.87. The van der Waals surface area contributed by atoms with Crippen LogP contribution >= 0.6 is 12.2 Å². The van der Waals surface area contributed by atoms with Gasteiger partial charge in [-0.1, -0.05) is 31.5 Å². The van der Waals surface area contributed by atoms with E-state index in [-0.39, 0.29) is 0 Å². The number of nitrogens with two attached hydrogens (primary N) is 1. The van der Waals surface area contributed by atoms with Crippen LogP contribution in [0.1, 0.15) is 37.7 Å². The minimum absolute atomic E-state index is 0.372. The molecule has 1 fully saturated rings. The Kier molecular flexibility index (Phi) is 4.31. The van der Waals surface area contributed by atoms with Crippen LogP contribution < -0.4 is 10.5 Å². The maximum Gasteiger partial charge on any atom is 0.213 e. The average Bonchev–Trinajstić information content (AvgIpc) is 2.38. The van der Waals surface area contributed by atoms with Gasteiger partial charge < -0.3 is 10.5 Å². The molecule has 17 heavy (non-hydrogen) atoms. The van der Waals surface area contributed by atoms with Gasteiger partial charge in [-0.05, 0) is 24.8 Å². The van der Waals surface area contributed by atoms with E-state index in [1.54, 1.807) is 6.20 Å². The highest BCUT2D eigenvalue weighted by atomic mass is 32.1. The summed E-state index contributed by atoms with van der Waals surface area (Å²) in [6.07, 6.45) is 8.27. The molecule has 92 valence electrons. The third-order valence-corrected chi connectivity index (χ3v) is 3.45. The normalized spacial score (nSPS) is 16.7. The number of ether oxygens (including phenoxy) is 1. The molecule has 3 nitrogen and oxygen atoms in total. The molecule has 0 atom stereocenters. The van der Waals surface area contributed by atoms with E-state index in [9.17, 15) is 0 Å². The Balaban J connectivity index is 1.84. The second-order valence-corrected chi connectivity index (χ2v) is 5.00.